The molecule has 0 spiro atoms. The molecule has 2 saturated heterocycles. The summed E-state index contributed by atoms with van der Waals surface area (Å²) in [5, 5.41) is 0.341. The molecule has 5 nitrogen and oxygen atoms in total. The number of fused-ring (bicyclic) bond motifs is 1. The number of aromatic nitrogens is 1. The van der Waals surface area contributed by atoms with Gasteiger partial charge in [-0.05, 0) is 44.8 Å². The van der Waals surface area contributed by atoms with Crippen LogP contribution in [0.1, 0.15) is 29.6 Å². The highest BCUT2D eigenvalue weighted by atomic mass is 35.5. The van der Waals surface area contributed by atoms with Gasteiger partial charge < -0.3 is 15.5 Å². The number of nitrogens with zero attached hydrogens (tertiary/aromatic N) is 3. The summed E-state index contributed by atoms with van der Waals surface area (Å²) in [5.41, 5.74) is 6.12. The first-order chi connectivity index (χ1) is 10.1. The molecule has 1 aromatic rings. The highest BCUT2D eigenvalue weighted by Gasteiger charge is 2.35. The molecule has 2 aliphatic rings. The molecule has 0 saturated carbocycles. The highest BCUT2D eigenvalue weighted by molar-refractivity contribution is 6.33. The van der Waals surface area contributed by atoms with Gasteiger partial charge in [-0.2, -0.15) is 0 Å². The number of hydrogen-bond acceptors (Lipinski definition) is 4. The summed E-state index contributed by atoms with van der Waals surface area (Å²) < 4.78 is 0. The Balaban J connectivity index is 1.72. The van der Waals surface area contributed by atoms with Gasteiger partial charge in [-0.15, -0.1) is 0 Å². The number of amides is 1. The van der Waals surface area contributed by atoms with Crippen LogP contribution in [0.3, 0.4) is 0 Å². The molecule has 114 valence electrons. The molecular weight excluding hydrogens is 288 g/mol. The Morgan fingerprint density at radius 3 is 3.00 bits per heavy atom. The van der Waals surface area contributed by atoms with Crippen LogP contribution in [-0.2, 0) is 0 Å². The van der Waals surface area contributed by atoms with Gasteiger partial charge in [-0.3, -0.25) is 4.79 Å². The highest BCUT2D eigenvalue weighted by Crippen LogP contribution is 2.30. The van der Waals surface area contributed by atoms with Crippen LogP contribution in [0.5, 0.6) is 0 Å². The van der Waals surface area contributed by atoms with Gasteiger partial charge in [0.05, 0.1) is 10.6 Å². The molecule has 2 atom stereocenters. The van der Waals surface area contributed by atoms with E-state index in [0.717, 1.165) is 19.5 Å². The van der Waals surface area contributed by atoms with Crippen molar-refractivity contribution in [1.29, 1.82) is 0 Å². The lowest BCUT2D eigenvalue weighted by Crippen LogP contribution is -2.53. The number of halogens is 1. The van der Waals surface area contributed by atoms with Gasteiger partial charge in [-0.25, -0.2) is 4.98 Å². The van der Waals surface area contributed by atoms with E-state index >= 15 is 0 Å². The summed E-state index contributed by atoms with van der Waals surface area (Å²) >= 11 is 5.96. The third kappa shape index (κ3) is 2.85. The number of pyridine rings is 1. The smallest absolute Gasteiger partial charge is 0.255 e. The average Bonchev–Trinajstić information content (AvgIpc) is 2.49. The molecule has 0 bridgehead atoms. The number of likely N-dealkylation sites (tertiary alicyclic amines) is 2. The van der Waals surface area contributed by atoms with Crippen molar-refractivity contribution in [3.8, 4) is 0 Å². The third-order valence-corrected chi connectivity index (χ3v) is 5.05. The number of nitrogen functional groups attached to an aromatic ring is 1. The number of nitrogens with two attached hydrogens (primary N) is 1. The van der Waals surface area contributed by atoms with Crippen molar-refractivity contribution in [3.05, 3.63) is 22.8 Å². The maximum absolute atomic E-state index is 12.6. The van der Waals surface area contributed by atoms with E-state index in [4.69, 9.17) is 17.3 Å². The molecule has 1 aromatic heterocycles. The fraction of sp³-hybridized carbons (Fsp3) is 0.600. The standard InChI is InChI=1S/C15H21ClN4O/c1-19-5-2-3-10-9-20(6-4-13(10)19)15(21)11-7-12(16)14(17)18-8-11/h7-8,10,13H,2-6,9H2,1H3,(H2,17,18). The van der Waals surface area contributed by atoms with Gasteiger partial charge in [0.25, 0.3) is 5.91 Å². The Labute approximate surface area is 130 Å². The van der Waals surface area contributed by atoms with E-state index in [2.05, 4.69) is 16.9 Å². The largest absolute Gasteiger partial charge is 0.382 e. The predicted octanol–water partition coefficient (Wildman–Crippen LogP) is 1.87. The number of carbonyl (C=O) groups is 1. The topological polar surface area (TPSA) is 62.5 Å². The molecule has 0 aromatic carbocycles. The zero-order chi connectivity index (χ0) is 15.0. The summed E-state index contributed by atoms with van der Waals surface area (Å²) in [5.74, 6) is 0.857. The zero-order valence-electron chi connectivity index (χ0n) is 12.3. The number of hydrogen-bond donors (Lipinski definition) is 1. The van der Waals surface area contributed by atoms with E-state index in [1.165, 1.54) is 25.6 Å². The number of rotatable bonds is 1. The quantitative estimate of drug-likeness (QED) is 0.860. The van der Waals surface area contributed by atoms with Crippen LogP contribution >= 0.6 is 11.6 Å². The molecule has 0 aliphatic carbocycles. The first-order valence-electron chi connectivity index (χ1n) is 7.47. The van der Waals surface area contributed by atoms with E-state index in [-0.39, 0.29) is 11.7 Å². The van der Waals surface area contributed by atoms with Crippen LogP contribution < -0.4 is 5.73 Å². The normalized spacial score (nSPS) is 26.5. The van der Waals surface area contributed by atoms with Gasteiger partial charge in [0.2, 0.25) is 0 Å². The fourth-order valence-electron chi connectivity index (χ4n) is 3.58. The van der Waals surface area contributed by atoms with Crippen molar-refractivity contribution in [2.45, 2.75) is 25.3 Å². The lowest BCUT2D eigenvalue weighted by Gasteiger charge is -2.45. The molecule has 3 rings (SSSR count). The molecule has 2 fully saturated rings. The third-order valence-electron chi connectivity index (χ3n) is 4.75. The summed E-state index contributed by atoms with van der Waals surface area (Å²) in [4.78, 5) is 20.9. The second-order valence-electron chi connectivity index (χ2n) is 6.08. The van der Waals surface area contributed by atoms with Crippen molar-refractivity contribution < 1.29 is 4.79 Å². The fourth-order valence-corrected chi connectivity index (χ4v) is 3.75. The van der Waals surface area contributed by atoms with Gasteiger partial charge in [0.15, 0.2) is 0 Å². The minimum atomic E-state index is 0.0103. The van der Waals surface area contributed by atoms with E-state index < -0.39 is 0 Å². The van der Waals surface area contributed by atoms with Crippen LogP contribution in [-0.4, -0.2) is 53.4 Å². The molecule has 1 amide bonds. The van der Waals surface area contributed by atoms with Crippen molar-refractivity contribution in [2.24, 2.45) is 5.92 Å². The van der Waals surface area contributed by atoms with E-state index in [1.54, 1.807) is 6.07 Å². The lowest BCUT2D eigenvalue weighted by molar-refractivity contribution is 0.0316. The van der Waals surface area contributed by atoms with E-state index in [1.807, 2.05) is 4.90 Å². The monoisotopic (exact) mass is 308 g/mol. The molecule has 6 heteroatoms. The van der Waals surface area contributed by atoms with Crippen LogP contribution in [0.15, 0.2) is 12.3 Å². The molecule has 2 aliphatic heterocycles. The molecule has 3 heterocycles. The number of carbonyl (C=O) groups excluding carboxylic acids is 1. The Bertz CT molecular complexity index is 550. The Morgan fingerprint density at radius 2 is 2.24 bits per heavy atom. The Hall–Kier alpha value is -1.33. The van der Waals surface area contributed by atoms with E-state index in [9.17, 15) is 4.79 Å². The predicted molar refractivity (Wildman–Crippen MR) is 83.3 cm³/mol. The molecule has 0 radical (unpaired) electrons. The van der Waals surface area contributed by atoms with Gasteiger partial charge in [-0.1, -0.05) is 11.6 Å². The number of anilines is 1. The average molecular weight is 309 g/mol. The van der Waals surface area contributed by atoms with Crippen LogP contribution in [0, 0.1) is 5.92 Å². The number of piperidine rings is 2. The minimum Gasteiger partial charge on any atom is -0.382 e. The van der Waals surface area contributed by atoms with Crippen LogP contribution in [0.25, 0.3) is 0 Å². The first kappa shape index (κ1) is 14.6. The maximum Gasteiger partial charge on any atom is 0.255 e. The molecule has 21 heavy (non-hydrogen) atoms. The second-order valence-corrected chi connectivity index (χ2v) is 6.49. The minimum absolute atomic E-state index is 0.0103. The van der Waals surface area contributed by atoms with Gasteiger partial charge in [0.1, 0.15) is 5.82 Å². The summed E-state index contributed by atoms with van der Waals surface area (Å²) in [7, 11) is 2.19. The van der Waals surface area contributed by atoms with Crippen molar-refractivity contribution in [3.63, 3.8) is 0 Å². The van der Waals surface area contributed by atoms with Crippen molar-refractivity contribution >= 4 is 23.3 Å². The second kappa shape index (κ2) is 5.81. The van der Waals surface area contributed by atoms with Crippen LogP contribution in [0.4, 0.5) is 5.82 Å². The summed E-state index contributed by atoms with van der Waals surface area (Å²) in [6, 6.07) is 2.24. The lowest BCUT2D eigenvalue weighted by atomic mass is 9.84. The zero-order valence-corrected chi connectivity index (χ0v) is 13.0. The SMILES string of the molecule is CN1CCCC2CN(C(=O)c3cnc(N)c(Cl)c3)CCC21. The summed E-state index contributed by atoms with van der Waals surface area (Å²) in [6.45, 7) is 2.80. The maximum atomic E-state index is 12.6. The van der Waals surface area contributed by atoms with Crippen LogP contribution in [0.2, 0.25) is 5.02 Å². The van der Waals surface area contributed by atoms with Crippen molar-refractivity contribution in [2.75, 3.05) is 32.4 Å². The van der Waals surface area contributed by atoms with Gasteiger partial charge >= 0.3 is 0 Å². The Morgan fingerprint density at radius 1 is 1.43 bits per heavy atom. The molecular formula is C15H21ClN4O. The van der Waals surface area contributed by atoms with E-state index in [0.29, 0.717) is 22.5 Å². The summed E-state index contributed by atoms with van der Waals surface area (Å²) in [6.07, 6.45) is 4.99. The molecule has 2 N–H and O–H groups in total. The Kier molecular flexibility index (Phi) is 4.04. The molecule has 2 unspecified atom stereocenters. The van der Waals surface area contributed by atoms with Crippen molar-refractivity contribution in [1.82, 2.24) is 14.8 Å². The first-order valence-corrected chi connectivity index (χ1v) is 7.84. The van der Waals surface area contributed by atoms with Gasteiger partial charge in [0, 0.05) is 25.3 Å².